The zero-order valence-electron chi connectivity index (χ0n) is 14.4. The quantitative estimate of drug-likeness (QED) is 0.824. The number of hydrogen-bond donors (Lipinski definition) is 0. The Morgan fingerprint density at radius 1 is 1.00 bits per heavy atom. The molecule has 25 heavy (non-hydrogen) atoms. The van der Waals surface area contributed by atoms with Crippen LogP contribution in [-0.2, 0) is 14.8 Å². The van der Waals surface area contributed by atoms with Gasteiger partial charge in [0.05, 0.1) is 4.90 Å². The molecule has 1 aromatic carbocycles. The summed E-state index contributed by atoms with van der Waals surface area (Å²) in [6.45, 7) is 2.26. The van der Waals surface area contributed by atoms with Crippen molar-refractivity contribution in [3.8, 4) is 0 Å². The predicted octanol–water partition coefficient (Wildman–Crippen LogP) is 2.63. The number of hydrogen-bond acceptors (Lipinski definition) is 3. The van der Waals surface area contributed by atoms with Crippen LogP contribution in [0.15, 0.2) is 29.2 Å². The van der Waals surface area contributed by atoms with Crippen molar-refractivity contribution in [2.45, 2.75) is 43.4 Å². The van der Waals surface area contributed by atoms with Gasteiger partial charge in [0.1, 0.15) is 5.82 Å². The molecule has 3 rings (SSSR count). The Balaban J connectivity index is 1.62. The van der Waals surface area contributed by atoms with Crippen LogP contribution >= 0.6 is 0 Å². The molecule has 0 spiro atoms. The zero-order valence-corrected chi connectivity index (χ0v) is 15.2. The zero-order chi connectivity index (χ0) is 17.9. The van der Waals surface area contributed by atoms with Crippen LogP contribution in [0.1, 0.15) is 38.5 Å². The molecule has 0 radical (unpaired) electrons. The van der Waals surface area contributed by atoms with Crippen LogP contribution in [0.2, 0.25) is 0 Å². The van der Waals surface area contributed by atoms with E-state index in [4.69, 9.17) is 0 Å². The highest BCUT2D eigenvalue weighted by Crippen LogP contribution is 2.26. The van der Waals surface area contributed by atoms with E-state index in [0.29, 0.717) is 25.9 Å². The van der Waals surface area contributed by atoms with E-state index in [-0.39, 0.29) is 16.7 Å². The summed E-state index contributed by atoms with van der Waals surface area (Å²) in [5.74, 6) is -0.492. The Morgan fingerprint density at radius 3 is 2.24 bits per heavy atom. The van der Waals surface area contributed by atoms with Gasteiger partial charge in [-0.3, -0.25) is 4.79 Å². The number of amides is 1. The summed E-state index contributed by atoms with van der Waals surface area (Å²) in [7, 11) is -3.70. The molecule has 0 atom stereocenters. The van der Waals surface area contributed by atoms with Gasteiger partial charge >= 0.3 is 0 Å². The minimum Gasteiger partial charge on any atom is -0.342 e. The lowest BCUT2D eigenvalue weighted by Gasteiger charge is -2.33. The van der Waals surface area contributed by atoms with Crippen molar-refractivity contribution < 1.29 is 17.6 Å². The Bertz CT molecular complexity index is 707. The average molecular weight is 368 g/mol. The third-order valence-corrected chi connectivity index (χ3v) is 7.05. The molecule has 0 aliphatic carbocycles. The van der Waals surface area contributed by atoms with Gasteiger partial charge < -0.3 is 4.90 Å². The van der Waals surface area contributed by atoms with E-state index in [0.717, 1.165) is 32.0 Å². The van der Waals surface area contributed by atoms with Crippen molar-refractivity contribution in [2.24, 2.45) is 5.92 Å². The normalized spacial score (nSPS) is 21.1. The first-order chi connectivity index (χ1) is 12.0. The van der Waals surface area contributed by atoms with Crippen molar-refractivity contribution in [3.05, 3.63) is 30.1 Å². The molecule has 0 saturated carbocycles. The van der Waals surface area contributed by atoms with Gasteiger partial charge in [-0.25, -0.2) is 12.8 Å². The number of nitrogens with zero attached hydrogens (tertiary/aromatic N) is 2. The molecule has 5 nitrogen and oxygen atoms in total. The maximum absolute atomic E-state index is 13.3. The summed E-state index contributed by atoms with van der Waals surface area (Å²) >= 11 is 0. The largest absolute Gasteiger partial charge is 0.342 e. The van der Waals surface area contributed by atoms with Gasteiger partial charge in [-0.15, -0.1) is 0 Å². The highest BCUT2D eigenvalue weighted by atomic mass is 32.2. The topological polar surface area (TPSA) is 57.7 Å². The van der Waals surface area contributed by atoms with Gasteiger partial charge in [0, 0.05) is 32.1 Å². The standard InChI is InChI=1S/C18H25FN2O3S/c19-16-6-5-7-17(14-16)25(23,24)21-12-8-15(9-13-21)18(22)20-10-3-1-2-4-11-20/h5-7,14-15H,1-4,8-13H2. The fourth-order valence-electron chi connectivity index (χ4n) is 3.67. The summed E-state index contributed by atoms with van der Waals surface area (Å²) in [5.41, 5.74) is 0. The molecule has 0 N–H and O–H groups in total. The summed E-state index contributed by atoms with van der Waals surface area (Å²) in [4.78, 5) is 14.6. The van der Waals surface area contributed by atoms with Crippen LogP contribution in [-0.4, -0.2) is 49.7 Å². The fraction of sp³-hybridized carbons (Fsp3) is 0.611. The molecule has 138 valence electrons. The van der Waals surface area contributed by atoms with Gasteiger partial charge in [0.2, 0.25) is 15.9 Å². The first-order valence-corrected chi connectivity index (χ1v) is 10.5. The van der Waals surface area contributed by atoms with Gasteiger partial charge in [0.15, 0.2) is 0 Å². The monoisotopic (exact) mass is 368 g/mol. The Hall–Kier alpha value is -1.47. The molecule has 1 amide bonds. The van der Waals surface area contributed by atoms with Crippen molar-refractivity contribution in [1.82, 2.24) is 9.21 Å². The molecule has 1 aromatic rings. The fourth-order valence-corrected chi connectivity index (χ4v) is 5.17. The first-order valence-electron chi connectivity index (χ1n) is 9.03. The minimum atomic E-state index is -3.70. The molecule has 2 aliphatic heterocycles. The number of sulfonamides is 1. The lowest BCUT2D eigenvalue weighted by molar-refractivity contribution is -0.136. The van der Waals surface area contributed by atoms with Gasteiger partial charge in [0.25, 0.3) is 0 Å². The Labute approximate surface area is 148 Å². The third-order valence-electron chi connectivity index (χ3n) is 5.15. The van der Waals surface area contributed by atoms with E-state index >= 15 is 0 Å². The number of piperidine rings is 1. The SMILES string of the molecule is O=C(C1CCN(S(=O)(=O)c2cccc(F)c2)CC1)N1CCCCCC1. The number of carbonyl (C=O) groups is 1. The van der Waals surface area contributed by atoms with E-state index < -0.39 is 15.8 Å². The molecule has 0 bridgehead atoms. The van der Waals surface area contributed by atoms with Gasteiger partial charge in [-0.05, 0) is 43.9 Å². The van der Waals surface area contributed by atoms with Crippen LogP contribution in [0.25, 0.3) is 0 Å². The second-order valence-electron chi connectivity index (χ2n) is 6.88. The van der Waals surface area contributed by atoms with Gasteiger partial charge in [-0.2, -0.15) is 4.31 Å². The summed E-state index contributed by atoms with van der Waals surface area (Å²) in [6, 6.07) is 5.08. The maximum Gasteiger partial charge on any atom is 0.243 e. The molecular formula is C18H25FN2O3S. The van der Waals surface area contributed by atoms with Crippen LogP contribution in [0.4, 0.5) is 4.39 Å². The Kier molecular flexibility index (Phi) is 5.74. The smallest absolute Gasteiger partial charge is 0.243 e. The van der Waals surface area contributed by atoms with E-state index in [1.165, 1.54) is 35.3 Å². The van der Waals surface area contributed by atoms with Crippen molar-refractivity contribution >= 4 is 15.9 Å². The van der Waals surface area contributed by atoms with Gasteiger partial charge in [-0.1, -0.05) is 18.9 Å². The molecule has 2 saturated heterocycles. The molecule has 7 heteroatoms. The summed E-state index contributed by atoms with van der Waals surface area (Å²) in [6.07, 6.45) is 5.52. The Morgan fingerprint density at radius 2 is 1.64 bits per heavy atom. The average Bonchev–Trinajstić information content (AvgIpc) is 2.90. The molecular weight excluding hydrogens is 343 g/mol. The second kappa shape index (κ2) is 7.83. The van der Waals surface area contributed by atoms with E-state index in [2.05, 4.69) is 0 Å². The number of likely N-dealkylation sites (tertiary alicyclic amines) is 1. The van der Waals surface area contributed by atoms with Crippen molar-refractivity contribution in [2.75, 3.05) is 26.2 Å². The molecule has 2 aliphatic rings. The maximum atomic E-state index is 13.3. The molecule has 0 aromatic heterocycles. The first kappa shape index (κ1) is 18.3. The van der Waals surface area contributed by atoms with Crippen molar-refractivity contribution in [3.63, 3.8) is 0 Å². The highest BCUT2D eigenvalue weighted by Gasteiger charge is 2.34. The third kappa shape index (κ3) is 4.20. The number of carbonyl (C=O) groups excluding carboxylic acids is 1. The lowest BCUT2D eigenvalue weighted by atomic mass is 9.96. The van der Waals surface area contributed by atoms with Crippen LogP contribution in [0.3, 0.4) is 0 Å². The van der Waals surface area contributed by atoms with Crippen LogP contribution in [0, 0.1) is 11.7 Å². The molecule has 2 fully saturated rings. The number of halogens is 1. The van der Waals surface area contributed by atoms with E-state index in [1.807, 2.05) is 4.90 Å². The van der Waals surface area contributed by atoms with E-state index in [1.54, 1.807) is 0 Å². The molecule has 0 unspecified atom stereocenters. The summed E-state index contributed by atoms with van der Waals surface area (Å²) < 4.78 is 40.0. The summed E-state index contributed by atoms with van der Waals surface area (Å²) in [5, 5.41) is 0. The van der Waals surface area contributed by atoms with E-state index in [9.17, 15) is 17.6 Å². The molecule has 2 heterocycles. The minimum absolute atomic E-state index is 0.0233. The predicted molar refractivity (Wildman–Crippen MR) is 92.9 cm³/mol. The lowest BCUT2D eigenvalue weighted by Crippen LogP contribution is -2.44. The van der Waals surface area contributed by atoms with Crippen LogP contribution in [0.5, 0.6) is 0 Å². The number of benzene rings is 1. The highest BCUT2D eigenvalue weighted by molar-refractivity contribution is 7.89. The van der Waals surface area contributed by atoms with Crippen molar-refractivity contribution in [1.29, 1.82) is 0 Å². The second-order valence-corrected chi connectivity index (χ2v) is 8.81. The number of rotatable bonds is 3. The van der Waals surface area contributed by atoms with Crippen LogP contribution < -0.4 is 0 Å².